The summed E-state index contributed by atoms with van der Waals surface area (Å²) in [7, 11) is 1.76. The van der Waals surface area contributed by atoms with Crippen molar-refractivity contribution in [3.8, 4) is 11.5 Å². The summed E-state index contributed by atoms with van der Waals surface area (Å²) in [4.78, 5) is 2.40. The lowest BCUT2D eigenvalue weighted by Crippen LogP contribution is -2.25. The first-order chi connectivity index (χ1) is 12.3. The third-order valence-corrected chi connectivity index (χ3v) is 5.26. The monoisotopic (exact) mass is 339 g/mol. The first kappa shape index (κ1) is 16.4. The quantitative estimate of drug-likeness (QED) is 0.930. The average molecular weight is 339 g/mol. The maximum absolute atomic E-state index is 9.40. The van der Waals surface area contributed by atoms with E-state index in [0.717, 1.165) is 42.3 Å². The van der Waals surface area contributed by atoms with Gasteiger partial charge >= 0.3 is 0 Å². The molecular weight excluding hydrogens is 314 g/mol. The highest BCUT2D eigenvalue weighted by molar-refractivity contribution is 5.45. The topological polar surface area (TPSA) is 41.9 Å². The second kappa shape index (κ2) is 7.06. The molecule has 0 unspecified atom stereocenters. The zero-order chi connectivity index (χ0) is 17.2. The predicted octanol–water partition coefficient (Wildman–Crippen LogP) is 3.07. The second-order valence-electron chi connectivity index (χ2n) is 6.95. The molecule has 25 heavy (non-hydrogen) atoms. The summed E-state index contributed by atoms with van der Waals surface area (Å²) >= 11 is 0. The lowest BCUT2D eigenvalue weighted by molar-refractivity contribution is 0.217. The van der Waals surface area contributed by atoms with Gasteiger partial charge in [0.25, 0.3) is 0 Å². The summed E-state index contributed by atoms with van der Waals surface area (Å²) < 4.78 is 11.6. The van der Waals surface area contributed by atoms with Crippen molar-refractivity contribution in [2.24, 2.45) is 0 Å². The summed E-state index contributed by atoms with van der Waals surface area (Å²) in [5.41, 5.74) is 6.25. The van der Waals surface area contributed by atoms with Gasteiger partial charge in [0.05, 0.1) is 13.7 Å². The fourth-order valence-electron chi connectivity index (χ4n) is 3.94. The van der Waals surface area contributed by atoms with Crippen molar-refractivity contribution in [2.75, 3.05) is 20.3 Å². The SMILES string of the molecule is COc1cc2c(cc1CN1CCOc3ccc(CO)cc3C1)CCC2. The molecule has 4 rings (SSSR count). The van der Waals surface area contributed by atoms with Gasteiger partial charge in [-0.2, -0.15) is 0 Å². The zero-order valence-electron chi connectivity index (χ0n) is 14.8. The van der Waals surface area contributed by atoms with Crippen molar-refractivity contribution in [1.82, 2.24) is 4.90 Å². The second-order valence-corrected chi connectivity index (χ2v) is 6.95. The van der Waals surface area contributed by atoms with Crippen LogP contribution in [0.3, 0.4) is 0 Å². The third kappa shape index (κ3) is 3.37. The summed E-state index contributed by atoms with van der Waals surface area (Å²) in [6.07, 6.45) is 3.59. The van der Waals surface area contributed by atoms with Crippen LogP contribution < -0.4 is 9.47 Å². The molecule has 0 saturated carbocycles. The normalized spacial score (nSPS) is 16.7. The number of aryl methyl sites for hydroxylation is 2. The number of aliphatic hydroxyl groups is 1. The Hall–Kier alpha value is -2.04. The minimum Gasteiger partial charge on any atom is -0.496 e. The Bertz CT molecular complexity index is 772. The Morgan fingerprint density at radius 2 is 1.96 bits per heavy atom. The Kier molecular flexibility index (Phi) is 4.64. The van der Waals surface area contributed by atoms with Crippen molar-refractivity contribution in [3.63, 3.8) is 0 Å². The molecule has 0 saturated heterocycles. The van der Waals surface area contributed by atoms with Crippen LogP contribution in [-0.4, -0.2) is 30.3 Å². The fourth-order valence-corrected chi connectivity index (χ4v) is 3.94. The van der Waals surface area contributed by atoms with Crippen LogP contribution in [0.4, 0.5) is 0 Å². The Balaban J connectivity index is 1.58. The van der Waals surface area contributed by atoms with Crippen molar-refractivity contribution in [3.05, 3.63) is 58.1 Å². The van der Waals surface area contributed by atoms with Crippen LogP contribution in [0.1, 0.15) is 34.2 Å². The highest BCUT2D eigenvalue weighted by Gasteiger charge is 2.20. The number of aliphatic hydroxyl groups excluding tert-OH is 1. The molecule has 0 fully saturated rings. The first-order valence-corrected chi connectivity index (χ1v) is 9.03. The Morgan fingerprint density at radius 1 is 1.12 bits per heavy atom. The molecule has 1 aliphatic carbocycles. The van der Waals surface area contributed by atoms with E-state index in [1.807, 2.05) is 18.2 Å². The van der Waals surface area contributed by atoms with Crippen LogP contribution in [0.5, 0.6) is 11.5 Å². The molecule has 4 heteroatoms. The van der Waals surface area contributed by atoms with Gasteiger partial charge in [-0.25, -0.2) is 0 Å². The molecule has 0 radical (unpaired) electrons. The highest BCUT2D eigenvalue weighted by atomic mass is 16.5. The lowest BCUT2D eigenvalue weighted by atomic mass is 10.0. The summed E-state index contributed by atoms with van der Waals surface area (Å²) in [5, 5.41) is 9.40. The maximum atomic E-state index is 9.40. The Morgan fingerprint density at radius 3 is 2.76 bits per heavy atom. The lowest BCUT2D eigenvalue weighted by Gasteiger charge is -2.21. The summed E-state index contributed by atoms with van der Waals surface area (Å²) in [6, 6.07) is 10.5. The Labute approximate surface area is 149 Å². The van der Waals surface area contributed by atoms with Gasteiger partial charge in [0.1, 0.15) is 18.1 Å². The molecule has 1 aliphatic heterocycles. The molecule has 0 atom stereocenters. The smallest absolute Gasteiger partial charge is 0.123 e. The van der Waals surface area contributed by atoms with E-state index in [2.05, 4.69) is 17.0 Å². The molecule has 2 aromatic carbocycles. The number of ether oxygens (including phenoxy) is 2. The standard InChI is InChI=1S/C21H25NO3/c1-24-21-11-17-4-2-3-16(17)10-19(21)13-22-7-8-25-20-6-5-15(14-23)9-18(20)12-22/h5-6,9-11,23H,2-4,7-8,12-14H2,1H3. The molecule has 0 spiro atoms. The number of benzene rings is 2. The highest BCUT2D eigenvalue weighted by Crippen LogP contribution is 2.32. The van der Waals surface area contributed by atoms with Gasteiger partial charge in [-0.15, -0.1) is 0 Å². The average Bonchev–Trinajstić information content (AvgIpc) is 2.99. The summed E-state index contributed by atoms with van der Waals surface area (Å²) in [5.74, 6) is 1.93. The molecule has 2 aliphatic rings. The largest absolute Gasteiger partial charge is 0.496 e. The van der Waals surface area contributed by atoms with Crippen LogP contribution in [0.15, 0.2) is 30.3 Å². The van der Waals surface area contributed by atoms with E-state index >= 15 is 0 Å². The van der Waals surface area contributed by atoms with E-state index in [4.69, 9.17) is 9.47 Å². The molecule has 1 N–H and O–H groups in total. The molecule has 2 aromatic rings. The van der Waals surface area contributed by atoms with Crippen LogP contribution >= 0.6 is 0 Å². The predicted molar refractivity (Wildman–Crippen MR) is 97.0 cm³/mol. The number of fused-ring (bicyclic) bond motifs is 2. The van der Waals surface area contributed by atoms with E-state index in [1.165, 1.54) is 36.0 Å². The summed E-state index contributed by atoms with van der Waals surface area (Å²) in [6.45, 7) is 3.29. The van der Waals surface area contributed by atoms with Crippen LogP contribution in [-0.2, 0) is 32.5 Å². The van der Waals surface area contributed by atoms with E-state index in [9.17, 15) is 5.11 Å². The van der Waals surface area contributed by atoms with Gasteiger partial charge in [0.2, 0.25) is 0 Å². The number of hydrogen-bond acceptors (Lipinski definition) is 4. The molecular formula is C21H25NO3. The molecule has 0 bridgehead atoms. The molecule has 1 heterocycles. The van der Waals surface area contributed by atoms with Crippen molar-refractivity contribution >= 4 is 0 Å². The van der Waals surface area contributed by atoms with Crippen molar-refractivity contribution in [1.29, 1.82) is 0 Å². The van der Waals surface area contributed by atoms with E-state index in [-0.39, 0.29) is 6.61 Å². The number of rotatable bonds is 4. The third-order valence-electron chi connectivity index (χ3n) is 5.26. The first-order valence-electron chi connectivity index (χ1n) is 9.03. The van der Waals surface area contributed by atoms with Gasteiger partial charge in [0.15, 0.2) is 0 Å². The minimum atomic E-state index is 0.0614. The van der Waals surface area contributed by atoms with Crippen LogP contribution in [0.2, 0.25) is 0 Å². The van der Waals surface area contributed by atoms with E-state index in [0.29, 0.717) is 6.61 Å². The molecule has 132 valence electrons. The van der Waals surface area contributed by atoms with Gasteiger partial charge in [-0.05, 0) is 54.2 Å². The molecule has 0 amide bonds. The van der Waals surface area contributed by atoms with E-state index in [1.54, 1.807) is 7.11 Å². The molecule has 4 nitrogen and oxygen atoms in total. The number of nitrogens with zero attached hydrogens (tertiary/aromatic N) is 1. The fraction of sp³-hybridized carbons (Fsp3) is 0.429. The van der Waals surface area contributed by atoms with Crippen LogP contribution in [0.25, 0.3) is 0 Å². The van der Waals surface area contributed by atoms with Crippen molar-refractivity contribution in [2.45, 2.75) is 39.0 Å². The van der Waals surface area contributed by atoms with Gasteiger partial charge < -0.3 is 14.6 Å². The van der Waals surface area contributed by atoms with Crippen molar-refractivity contribution < 1.29 is 14.6 Å². The minimum absolute atomic E-state index is 0.0614. The molecule has 0 aromatic heterocycles. The number of hydrogen-bond donors (Lipinski definition) is 1. The number of methoxy groups -OCH3 is 1. The van der Waals surface area contributed by atoms with Gasteiger partial charge in [0, 0.05) is 30.8 Å². The van der Waals surface area contributed by atoms with Gasteiger partial charge in [-0.3, -0.25) is 4.90 Å². The van der Waals surface area contributed by atoms with Gasteiger partial charge in [-0.1, -0.05) is 12.1 Å². The van der Waals surface area contributed by atoms with Crippen LogP contribution in [0, 0.1) is 0 Å². The van der Waals surface area contributed by atoms with E-state index < -0.39 is 0 Å². The zero-order valence-corrected chi connectivity index (χ0v) is 14.8. The maximum Gasteiger partial charge on any atom is 0.123 e.